The van der Waals surface area contributed by atoms with E-state index in [1.807, 2.05) is 69.4 Å². The summed E-state index contributed by atoms with van der Waals surface area (Å²) in [5.41, 5.74) is 9.15. The first kappa shape index (κ1) is 114. The maximum absolute atomic E-state index is 13.2. The number of thioether (sulfide) groups is 3. The molecule has 0 bridgehead atoms. The van der Waals surface area contributed by atoms with Gasteiger partial charge in [-0.25, -0.2) is 39.1 Å². The predicted molar refractivity (Wildman–Crippen MR) is 497 cm³/mol. The minimum absolute atomic E-state index is 0.0464. The summed E-state index contributed by atoms with van der Waals surface area (Å²) in [5.74, 6) is 17.1. The van der Waals surface area contributed by atoms with E-state index < -0.39 is 60.6 Å². The Morgan fingerprint density at radius 1 is 0.380 bits per heavy atom. The molecule has 8 aromatic heterocycles. The van der Waals surface area contributed by atoms with Crippen LogP contribution < -0.4 is 47.6 Å². The molecule has 137 heavy (non-hydrogen) atoms. The van der Waals surface area contributed by atoms with Crippen molar-refractivity contribution in [1.82, 2.24) is 76.4 Å². The first-order chi connectivity index (χ1) is 64.4. The summed E-state index contributed by atoms with van der Waals surface area (Å²) in [4.78, 5) is 147. The SMILES string of the molecule is CC#CCn1c(N2CCCCC2)nc2nc(SC(C)C(C)C)n(C)c(=O)c21.CC#CCn1c(N2CCCCC2)nc2nc(SCC(C)C)n(C)c(=O)c21.CC#CCn1c(N2CCCCC2)nc2nc(SC[C@H](N)C(=O)O)n(C)c(=O)c21.CC#CCn1c(N2CCCCC2)nc2nc(Sc3ccccc3)n(C)c(=O)c21.O=C(O)C(F)(F)F.O=C(O)C(F)(F)F.O=C(O)C(F)(F)F.O=C(O)C(F)(F)F. The molecule has 35 nitrogen and oxygen atoms in total. The number of carboxylic acid groups (broad SMARTS) is 5. The largest absolute Gasteiger partial charge is 0.490 e. The quantitative estimate of drug-likeness (QED) is 0.0179. The number of carboxylic acids is 5. The van der Waals surface area contributed by atoms with Crippen LogP contribution in [-0.4, -0.2) is 232 Å². The zero-order chi connectivity index (χ0) is 102. The average Bonchev–Trinajstić information content (AvgIpc) is 1.63. The molecule has 1 unspecified atom stereocenters. The molecular weight excluding hydrogens is 1910 g/mol. The molecule has 4 saturated heterocycles. The second kappa shape index (κ2) is 52.5. The topological polar surface area (TPSA) is 436 Å². The van der Waals surface area contributed by atoms with Crippen LogP contribution in [0, 0.1) is 59.2 Å². The van der Waals surface area contributed by atoms with E-state index in [0.29, 0.717) is 104 Å². The average molecular weight is 2020 g/mol. The van der Waals surface area contributed by atoms with Gasteiger partial charge in [0.25, 0.3) is 22.2 Å². The van der Waals surface area contributed by atoms with Gasteiger partial charge in [-0.1, -0.05) is 124 Å². The van der Waals surface area contributed by atoms with Gasteiger partial charge in [0.05, 0.1) is 26.2 Å². The van der Waals surface area contributed by atoms with Crippen molar-refractivity contribution in [3.8, 4) is 47.4 Å². The van der Waals surface area contributed by atoms with Crippen LogP contribution in [0.5, 0.6) is 0 Å². The summed E-state index contributed by atoms with van der Waals surface area (Å²) in [6.45, 7) is 27.4. The Kier molecular flexibility index (Phi) is 43.5. The first-order valence-corrected chi connectivity index (χ1v) is 46.3. The number of piperidine rings is 4. The molecule has 748 valence electrons. The number of fused-ring (bicyclic) bond motifs is 4. The van der Waals surface area contributed by atoms with E-state index in [2.05, 4.69) is 112 Å². The molecule has 0 spiro atoms. The van der Waals surface area contributed by atoms with E-state index in [1.54, 1.807) is 72.3 Å². The number of nitrogens with two attached hydrogens (primary N) is 1. The molecule has 13 rings (SSSR count). The number of aromatic nitrogens is 16. The molecule has 0 radical (unpaired) electrons. The minimum atomic E-state index is -5.08. The molecule has 12 heterocycles. The molecular formula is C86H107F12N21O14S4. The molecule has 4 fully saturated rings. The Bertz CT molecular complexity index is 6100. The number of imidazole rings is 4. The third-order valence-corrected chi connectivity index (χ3v) is 25.5. The lowest BCUT2D eigenvalue weighted by Crippen LogP contribution is -2.33. The lowest BCUT2D eigenvalue weighted by atomic mass is 10.1. The summed E-state index contributed by atoms with van der Waals surface area (Å²) in [6, 6.07) is 8.92. The van der Waals surface area contributed by atoms with E-state index in [0.717, 1.165) is 154 Å². The van der Waals surface area contributed by atoms with Gasteiger partial charge in [-0.3, -0.25) is 60.5 Å². The Morgan fingerprint density at radius 2 is 0.620 bits per heavy atom. The van der Waals surface area contributed by atoms with Gasteiger partial charge in [0.15, 0.2) is 65.3 Å². The zero-order valence-corrected chi connectivity index (χ0v) is 80.4. The number of aliphatic carboxylic acids is 5. The minimum Gasteiger partial charge on any atom is -0.480 e. The van der Waals surface area contributed by atoms with E-state index in [1.165, 1.54) is 42.0 Å². The van der Waals surface area contributed by atoms with Gasteiger partial charge in [0, 0.05) is 102 Å². The van der Waals surface area contributed by atoms with Gasteiger partial charge in [0.1, 0.15) is 6.04 Å². The fourth-order valence-corrected chi connectivity index (χ4v) is 16.6. The highest BCUT2D eigenvalue weighted by atomic mass is 32.2. The summed E-state index contributed by atoms with van der Waals surface area (Å²) >= 11 is 5.86. The van der Waals surface area contributed by atoms with Crippen LogP contribution in [0.4, 0.5) is 76.5 Å². The molecule has 1 aromatic carbocycles. The van der Waals surface area contributed by atoms with Crippen LogP contribution in [-0.2, 0) is 78.3 Å². The first-order valence-electron chi connectivity index (χ1n) is 42.7. The molecule has 51 heteroatoms. The predicted octanol–water partition coefficient (Wildman–Crippen LogP) is 12.6. The Morgan fingerprint density at radius 3 is 0.861 bits per heavy atom. The smallest absolute Gasteiger partial charge is 0.480 e. The van der Waals surface area contributed by atoms with Crippen molar-refractivity contribution in [2.75, 3.05) is 83.5 Å². The standard InChI is InChI=1S/C21H23N5OS.C20H29N5OS.C19H27N5OS.C18H24N6O3S.4C2HF3O2/c1-3-4-15-26-17-18(22-20(26)25-13-9-6-10-14-25)23-21(24(2)19(17)27)28-16-11-7-5-8-12-16;1-6-7-13-25-16-17(21-19(25)24-11-9-8-10-12-24)22-20(23(5)18(16)26)27-15(4)14(2)3;1-5-6-12-24-15-16(20-18(24)23-10-8-7-9-11-23)21-19(22(4)17(15)25)26-13-14(2)3;1-3-4-10-24-13-14(20-17(24)23-8-6-5-7-9-23)21-18(22(2)15(13)25)28-11-12(19)16(26)27;4*3-2(4,5)1(6)7/h5,7-8,11-12H,6,9-10,13-15H2,1-2H3;14-15H,8-13H2,1-5H3;14H,7-13H2,1-4H3;12H,5-11,19H2,1-2H3,(H,26,27);4*(H,6,7)/t;;;12-;;;;/m...0..../s1. The summed E-state index contributed by atoms with van der Waals surface area (Å²) in [6.07, 6.45) is -6.33. The van der Waals surface area contributed by atoms with Crippen molar-refractivity contribution in [3.05, 3.63) is 71.7 Å². The fourth-order valence-electron chi connectivity index (χ4n) is 12.9. The van der Waals surface area contributed by atoms with Crippen LogP contribution in [0.3, 0.4) is 0 Å². The molecule has 0 saturated carbocycles. The number of hydrogen-bond acceptors (Lipinski definition) is 26. The Hall–Kier alpha value is -12.1. The highest BCUT2D eigenvalue weighted by Gasteiger charge is 2.41. The van der Waals surface area contributed by atoms with Crippen molar-refractivity contribution in [2.45, 2.75) is 227 Å². The lowest BCUT2D eigenvalue weighted by molar-refractivity contribution is -0.193. The summed E-state index contributed by atoms with van der Waals surface area (Å²) in [5, 5.41) is 40.3. The van der Waals surface area contributed by atoms with Gasteiger partial charge >= 0.3 is 54.6 Å². The van der Waals surface area contributed by atoms with Gasteiger partial charge < -0.3 is 50.9 Å². The van der Waals surface area contributed by atoms with Crippen molar-refractivity contribution < 1.29 is 102 Å². The molecule has 2 atom stereocenters. The Labute approximate surface area is 795 Å². The molecule has 7 N–H and O–H groups in total. The van der Waals surface area contributed by atoms with E-state index in [-0.39, 0.29) is 28.0 Å². The van der Waals surface area contributed by atoms with Crippen molar-refractivity contribution in [1.29, 1.82) is 0 Å². The monoisotopic (exact) mass is 2010 g/mol. The maximum atomic E-state index is 13.2. The molecule has 4 aliphatic heterocycles. The number of alkyl halides is 12. The number of rotatable bonds is 20. The molecule has 4 aliphatic rings. The normalized spacial score (nSPS) is 14.2. The number of anilines is 4. The van der Waals surface area contributed by atoms with Crippen molar-refractivity contribution in [3.63, 3.8) is 0 Å². The number of benzene rings is 1. The second-order valence-corrected chi connectivity index (χ2v) is 35.6. The molecule has 0 aliphatic carbocycles. The Balaban J connectivity index is 0.000000256. The third kappa shape index (κ3) is 32.5. The van der Waals surface area contributed by atoms with Crippen LogP contribution in [0.25, 0.3) is 44.7 Å². The third-order valence-electron chi connectivity index (χ3n) is 20.3. The zero-order valence-electron chi connectivity index (χ0n) is 77.2. The lowest BCUT2D eigenvalue weighted by Gasteiger charge is -2.27. The highest BCUT2D eigenvalue weighted by molar-refractivity contribution is 8.00. The fraction of sp³-hybridized carbons (Fsp3) is 0.547. The van der Waals surface area contributed by atoms with Gasteiger partial charge in [0.2, 0.25) is 23.8 Å². The van der Waals surface area contributed by atoms with Gasteiger partial charge in [-0.05, 0) is 129 Å². The maximum Gasteiger partial charge on any atom is 0.490 e. The molecule has 0 amide bonds. The number of halogens is 12. The van der Waals surface area contributed by atoms with Crippen molar-refractivity contribution in [2.24, 2.45) is 45.8 Å². The van der Waals surface area contributed by atoms with Crippen LogP contribution in [0.15, 0.2) is 75.0 Å². The van der Waals surface area contributed by atoms with Gasteiger partial charge in [-0.2, -0.15) is 72.6 Å². The van der Waals surface area contributed by atoms with E-state index in [4.69, 9.17) is 80.3 Å². The summed E-state index contributed by atoms with van der Waals surface area (Å²) < 4.78 is 141. The number of carbonyl (C=O) groups is 5. The molecule has 9 aromatic rings. The van der Waals surface area contributed by atoms with Crippen LogP contribution >= 0.6 is 47.0 Å². The summed E-state index contributed by atoms with van der Waals surface area (Å²) in [7, 11) is 6.98. The van der Waals surface area contributed by atoms with E-state index in [9.17, 15) is 76.7 Å². The van der Waals surface area contributed by atoms with Crippen LogP contribution in [0.2, 0.25) is 0 Å². The van der Waals surface area contributed by atoms with Crippen LogP contribution in [0.1, 0.15) is 139 Å². The number of nitrogens with zero attached hydrogens (tertiary/aromatic N) is 20. The highest BCUT2D eigenvalue weighted by Crippen LogP contribution is 2.34. The second-order valence-electron chi connectivity index (χ2n) is 31.3. The van der Waals surface area contributed by atoms with Gasteiger partial charge in [-0.15, -0.1) is 23.7 Å². The van der Waals surface area contributed by atoms with E-state index >= 15 is 0 Å². The van der Waals surface area contributed by atoms with Crippen molar-refractivity contribution >= 4 is 145 Å². The number of hydrogen-bond donors (Lipinski definition) is 6.